The maximum atomic E-state index is 5.66. The predicted molar refractivity (Wildman–Crippen MR) is 40.5 cm³/mol. The van der Waals surface area contributed by atoms with Crippen LogP contribution in [0.3, 0.4) is 0 Å². The highest BCUT2D eigenvalue weighted by Gasteiger charge is 1.98. The fraction of sp³-hybridized carbons (Fsp3) is 0.400. The second-order valence-electron chi connectivity index (χ2n) is 1.93. The van der Waals surface area contributed by atoms with Crippen molar-refractivity contribution in [2.45, 2.75) is 6.32 Å². The summed E-state index contributed by atoms with van der Waals surface area (Å²) in [4.78, 5) is 3.92. The number of rotatable bonds is 1. The Morgan fingerprint density at radius 2 is 2.56 bits per heavy atom. The van der Waals surface area contributed by atoms with Crippen molar-refractivity contribution in [2.75, 3.05) is 0 Å². The third-order valence-corrected chi connectivity index (χ3v) is 1.74. The normalized spacial score (nSPS) is 10.0. The van der Waals surface area contributed by atoms with E-state index in [2.05, 4.69) is 12.8 Å². The number of aromatic nitrogens is 2. The summed E-state index contributed by atoms with van der Waals surface area (Å²) in [6, 6.07) is 0. The Balaban J connectivity index is 3.04. The van der Waals surface area contributed by atoms with Gasteiger partial charge in [0.25, 0.3) is 0 Å². The molecule has 0 atom stereocenters. The molecule has 48 valence electrons. The van der Waals surface area contributed by atoms with Gasteiger partial charge in [-0.25, -0.2) is 4.98 Å². The van der Waals surface area contributed by atoms with Crippen LogP contribution in [0.15, 0.2) is 6.20 Å². The molecule has 1 heterocycles. The highest BCUT2D eigenvalue weighted by Crippen LogP contribution is 2.06. The van der Waals surface area contributed by atoms with Crippen LogP contribution < -0.4 is 0 Å². The second-order valence-corrected chi connectivity index (χ2v) is 2.27. The lowest BCUT2D eigenvalue weighted by atomic mass is 10.0. The van der Waals surface area contributed by atoms with E-state index in [-0.39, 0.29) is 0 Å². The fourth-order valence-electron chi connectivity index (χ4n) is 0.748. The van der Waals surface area contributed by atoms with E-state index in [0.29, 0.717) is 5.28 Å². The first-order valence-corrected chi connectivity index (χ1v) is 3.29. The minimum absolute atomic E-state index is 0.562. The van der Waals surface area contributed by atoms with Gasteiger partial charge in [-0.1, -0.05) is 0 Å². The van der Waals surface area contributed by atoms with Crippen LogP contribution >= 0.6 is 11.6 Å². The summed E-state index contributed by atoms with van der Waals surface area (Å²) < 4.78 is 1.88. The standard InChI is InChI=1S/C5H8BClN2/c1-9-4(2-6)3-8-5(9)7/h3H,2,6H2,1H3. The Morgan fingerprint density at radius 3 is 2.78 bits per heavy atom. The molecule has 0 saturated heterocycles. The van der Waals surface area contributed by atoms with Crippen LogP contribution in [-0.4, -0.2) is 17.4 Å². The third kappa shape index (κ3) is 1.10. The number of imidazole rings is 1. The van der Waals surface area contributed by atoms with Crippen molar-refractivity contribution in [3.05, 3.63) is 17.2 Å². The van der Waals surface area contributed by atoms with Gasteiger partial charge in [0.1, 0.15) is 7.85 Å². The van der Waals surface area contributed by atoms with Crippen molar-refractivity contribution in [3.63, 3.8) is 0 Å². The molecule has 0 bridgehead atoms. The second kappa shape index (κ2) is 2.44. The molecule has 0 unspecified atom stereocenters. The SMILES string of the molecule is BCc1cnc(Cl)n1C. The van der Waals surface area contributed by atoms with Crippen LogP contribution in [0.2, 0.25) is 5.28 Å². The molecule has 0 fully saturated rings. The van der Waals surface area contributed by atoms with Gasteiger partial charge in [-0.3, -0.25) is 0 Å². The summed E-state index contributed by atoms with van der Waals surface area (Å²) in [6.07, 6.45) is 2.78. The smallest absolute Gasteiger partial charge is 0.202 e. The minimum atomic E-state index is 0.562. The zero-order chi connectivity index (χ0) is 6.85. The lowest BCUT2D eigenvalue weighted by molar-refractivity contribution is 0.866. The van der Waals surface area contributed by atoms with E-state index in [0.717, 1.165) is 6.32 Å². The highest BCUT2D eigenvalue weighted by atomic mass is 35.5. The summed E-state index contributed by atoms with van der Waals surface area (Å²) in [7, 11) is 3.99. The van der Waals surface area contributed by atoms with Gasteiger partial charge in [-0.05, 0) is 17.9 Å². The van der Waals surface area contributed by atoms with Gasteiger partial charge in [0.05, 0.1) is 0 Å². The lowest BCUT2D eigenvalue weighted by Gasteiger charge is -1.95. The molecule has 0 spiro atoms. The van der Waals surface area contributed by atoms with Crippen molar-refractivity contribution >= 4 is 19.4 Å². The molecule has 0 aliphatic rings. The van der Waals surface area contributed by atoms with E-state index >= 15 is 0 Å². The molecule has 0 N–H and O–H groups in total. The number of hydrogen-bond acceptors (Lipinski definition) is 1. The Bertz CT molecular complexity index is 209. The van der Waals surface area contributed by atoms with Crippen LogP contribution in [0.4, 0.5) is 0 Å². The first-order chi connectivity index (χ1) is 4.25. The first kappa shape index (κ1) is 6.68. The Hall–Kier alpha value is -0.435. The minimum Gasteiger partial charge on any atom is -0.323 e. The predicted octanol–water partition coefficient (Wildman–Crippen LogP) is 0.207. The van der Waals surface area contributed by atoms with Gasteiger partial charge >= 0.3 is 0 Å². The van der Waals surface area contributed by atoms with E-state index in [9.17, 15) is 0 Å². The quantitative estimate of drug-likeness (QED) is 0.513. The zero-order valence-corrected chi connectivity index (χ0v) is 6.31. The third-order valence-electron chi connectivity index (χ3n) is 1.39. The molecule has 0 aliphatic carbocycles. The molecule has 0 saturated carbocycles. The summed E-state index contributed by atoms with van der Waals surface area (Å²) >= 11 is 5.66. The molecule has 4 heteroatoms. The maximum absolute atomic E-state index is 5.66. The van der Waals surface area contributed by atoms with E-state index in [1.54, 1.807) is 6.20 Å². The summed E-state index contributed by atoms with van der Waals surface area (Å²) in [5.74, 6) is 0. The molecule has 1 aromatic rings. The van der Waals surface area contributed by atoms with Crippen LogP contribution in [0.25, 0.3) is 0 Å². The fourth-order valence-corrected chi connectivity index (χ4v) is 0.905. The maximum Gasteiger partial charge on any atom is 0.202 e. The van der Waals surface area contributed by atoms with Gasteiger partial charge in [0, 0.05) is 18.9 Å². The van der Waals surface area contributed by atoms with Crippen LogP contribution in [0.5, 0.6) is 0 Å². The summed E-state index contributed by atoms with van der Waals surface area (Å²) in [6.45, 7) is 0. The Morgan fingerprint density at radius 1 is 1.89 bits per heavy atom. The molecular weight excluding hydrogens is 134 g/mol. The average molecular weight is 142 g/mol. The Kier molecular flexibility index (Phi) is 1.81. The zero-order valence-electron chi connectivity index (χ0n) is 5.56. The number of hydrogen-bond donors (Lipinski definition) is 0. The highest BCUT2D eigenvalue weighted by molar-refractivity contribution is 6.28. The van der Waals surface area contributed by atoms with Gasteiger partial charge in [-0.15, -0.1) is 0 Å². The monoisotopic (exact) mass is 142 g/mol. The Labute approximate surface area is 60.3 Å². The van der Waals surface area contributed by atoms with Crippen LogP contribution in [0, 0.1) is 0 Å². The van der Waals surface area contributed by atoms with Crippen molar-refractivity contribution in [3.8, 4) is 0 Å². The van der Waals surface area contributed by atoms with E-state index in [1.165, 1.54) is 5.69 Å². The first-order valence-electron chi connectivity index (χ1n) is 2.91. The van der Waals surface area contributed by atoms with E-state index in [4.69, 9.17) is 11.6 Å². The van der Waals surface area contributed by atoms with Crippen molar-refractivity contribution < 1.29 is 0 Å². The van der Waals surface area contributed by atoms with Crippen LogP contribution in [0.1, 0.15) is 5.69 Å². The molecule has 9 heavy (non-hydrogen) atoms. The topological polar surface area (TPSA) is 17.8 Å². The summed E-state index contributed by atoms with van der Waals surface area (Å²) in [5.41, 5.74) is 1.17. The van der Waals surface area contributed by atoms with Crippen molar-refractivity contribution in [1.82, 2.24) is 9.55 Å². The van der Waals surface area contributed by atoms with E-state index < -0.39 is 0 Å². The number of nitrogens with zero attached hydrogens (tertiary/aromatic N) is 2. The van der Waals surface area contributed by atoms with Gasteiger partial charge in [0.2, 0.25) is 5.28 Å². The molecule has 0 radical (unpaired) electrons. The van der Waals surface area contributed by atoms with Crippen molar-refractivity contribution in [2.24, 2.45) is 7.05 Å². The van der Waals surface area contributed by atoms with Gasteiger partial charge in [-0.2, -0.15) is 0 Å². The molecular formula is C5H8BClN2. The molecule has 0 aromatic carbocycles. The number of halogens is 1. The van der Waals surface area contributed by atoms with E-state index in [1.807, 2.05) is 11.6 Å². The molecule has 0 amide bonds. The molecule has 1 rings (SSSR count). The van der Waals surface area contributed by atoms with Crippen LogP contribution in [-0.2, 0) is 13.4 Å². The molecule has 0 aliphatic heterocycles. The summed E-state index contributed by atoms with van der Waals surface area (Å²) in [5, 5.41) is 0.562. The molecule has 2 nitrogen and oxygen atoms in total. The lowest BCUT2D eigenvalue weighted by Crippen LogP contribution is -1.95. The molecule has 1 aromatic heterocycles. The van der Waals surface area contributed by atoms with Gasteiger partial charge in [0.15, 0.2) is 0 Å². The largest absolute Gasteiger partial charge is 0.323 e. The average Bonchev–Trinajstić information content (AvgIpc) is 2.15. The van der Waals surface area contributed by atoms with Crippen molar-refractivity contribution in [1.29, 1.82) is 0 Å². The van der Waals surface area contributed by atoms with Gasteiger partial charge < -0.3 is 4.57 Å².